The molecule has 0 aromatic carbocycles. The Hall–Kier alpha value is -0.560. The molecule has 3 nitrogen and oxygen atoms in total. The highest BCUT2D eigenvalue weighted by atomic mass is 79.9. The minimum atomic E-state index is -2.71. The third kappa shape index (κ3) is 3.21. The van der Waals surface area contributed by atoms with Crippen LogP contribution < -0.4 is 0 Å². The van der Waals surface area contributed by atoms with Gasteiger partial charge in [0.2, 0.25) is 0 Å². The molecule has 7 heteroatoms. The number of methoxy groups -OCH3 is 1. The highest BCUT2D eigenvalue weighted by molar-refractivity contribution is 9.13. The van der Waals surface area contributed by atoms with Crippen LogP contribution in [0.1, 0.15) is 17.8 Å². The Kier molecular flexibility index (Phi) is 4.79. The van der Waals surface area contributed by atoms with Crippen molar-refractivity contribution in [2.45, 2.75) is 12.8 Å². The molecule has 0 unspecified atom stereocenters. The van der Waals surface area contributed by atoms with E-state index >= 15 is 0 Å². The molecule has 0 N–H and O–H groups in total. The van der Waals surface area contributed by atoms with Crippen LogP contribution in [0.5, 0.6) is 0 Å². The second-order valence-electron chi connectivity index (χ2n) is 2.85. The van der Waals surface area contributed by atoms with E-state index in [2.05, 4.69) is 41.6 Å². The van der Waals surface area contributed by atoms with Gasteiger partial charge in [-0.3, -0.25) is 4.79 Å². The van der Waals surface area contributed by atoms with E-state index in [4.69, 9.17) is 0 Å². The Labute approximate surface area is 107 Å². The third-order valence-electron chi connectivity index (χ3n) is 1.75. The van der Waals surface area contributed by atoms with Gasteiger partial charge in [-0.1, -0.05) is 0 Å². The van der Waals surface area contributed by atoms with Crippen molar-refractivity contribution in [1.29, 1.82) is 0 Å². The van der Waals surface area contributed by atoms with Crippen LogP contribution in [-0.4, -0.2) is 18.1 Å². The van der Waals surface area contributed by atoms with Gasteiger partial charge in [-0.2, -0.15) is 0 Å². The fourth-order valence-corrected chi connectivity index (χ4v) is 1.87. The van der Waals surface area contributed by atoms with Crippen molar-refractivity contribution in [2.24, 2.45) is 0 Å². The second-order valence-corrected chi connectivity index (χ2v) is 4.50. The molecule has 0 aliphatic carbocycles. The molecule has 1 aromatic heterocycles. The summed E-state index contributed by atoms with van der Waals surface area (Å²) in [7, 11) is 1.23. The first-order valence-corrected chi connectivity index (χ1v) is 5.74. The summed E-state index contributed by atoms with van der Waals surface area (Å²) in [6.07, 6.45) is -2.84. The number of hydrogen-bond donors (Lipinski definition) is 0. The van der Waals surface area contributed by atoms with Crippen LogP contribution in [0, 0.1) is 0 Å². The maximum absolute atomic E-state index is 12.6. The van der Waals surface area contributed by atoms with Gasteiger partial charge in [0.15, 0.2) is 0 Å². The molecule has 1 aromatic rings. The lowest BCUT2D eigenvalue weighted by molar-refractivity contribution is -0.139. The van der Waals surface area contributed by atoms with E-state index in [1.165, 1.54) is 13.2 Å². The number of esters is 1. The Bertz CT molecular complexity index is 413. The highest BCUT2D eigenvalue weighted by Gasteiger charge is 2.18. The zero-order chi connectivity index (χ0) is 12.3. The summed E-state index contributed by atoms with van der Waals surface area (Å²) in [5, 5.41) is 0. The zero-order valence-electron chi connectivity index (χ0n) is 8.14. The Morgan fingerprint density at radius 2 is 2.19 bits per heavy atom. The number of nitrogens with zero attached hydrogens (tertiary/aromatic N) is 1. The lowest BCUT2D eigenvalue weighted by Crippen LogP contribution is -2.08. The molecular weight excluding hydrogens is 352 g/mol. The van der Waals surface area contributed by atoms with Crippen molar-refractivity contribution in [3.63, 3.8) is 0 Å². The van der Waals surface area contributed by atoms with Crippen LogP contribution in [0.15, 0.2) is 15.0 Å². The van der Waals surface area contributed by atoms with Crippen molar-refractivity contribution < 1.29 is 18.3 Å². The van der Waals surface area contributed by atoms with E-state index in [0.29, 0.717) is 4.47 Å². The summed E-state index contributed by atoms with van der Waals surface area (Å²) in [4.78, 5) is 14.7. The number of aromatic nitrogens is 1. The summed E-state index contributed by atoms with van der Waals surface area (Å²) in [6.45, 7) is 0. The zero-order valence-corrected chi connectivity index (χ0v) is 11.3. The molecular formula is C9H7Br2F2NO2. The first kappa shape index (κ1) is 13.5. The van der Waals surface area contributed by atoms with Crippen LogP contribution in [-0.2, 0) is 16.0 Å². The normalized spacial score (nSPS) is 10.6. The number of carbonyl (C=O) groups is 1. The van der Waals surface area contributed by atoms with Gasteiger partial charge in [0, 0.05) is 4.47 Å². The van der Waals surface area contributed by atoms with Crippen LogP contribution in [0.3, 0.4) is 0 Å². The standard InChI is InChI=1S/C9H7Br2F2NO2/c1-16-6(15)3-4-2-5(10)7(11)8(14-4)9(12)13/h2,9H,3H2,1H3. The molecule has 0 bridgehead atoms. The topological polar surface area (TPSA) is 39.2 Å². The van der Waals surface area contributed by atoms with Gasteiger partial charge in [0.25, 0.3) is 6.43 Å². The number of carbonyl (C=O) groups excluding carboxylic acids is 1. The van der Waals surface area contributed by atoms with E-state index in [-0.39, 0.29) is 16.6 Å². The predicted molar refractivity (Wildman–Crippen MR) is 60.3 cm³/mol. The smallest absolute Gasteiger partial charge is 0.311 e. The molecule has 0 aliphatic rings. The van der Waals surface area contributed by atoms with Crippen molar-refractivity contribution in [3.05, 3.63) is 26.4 Å². The lowest BCUT2D eigenvalue weighted by atomic mass is 10.2. The monoisotopic (exact) mass is 357 g/mol. The number of rotatable bonds is 3. The fourth-order valence-electron chi connectivity index (χ4n) is 1.02. The maximum atomic E-state index is 12.6. The Morgan fingerprint density at radius 3 is 2.69 bits per heavy atom. The second kappa shape index (κ2) is 5.67. The maximum Gasteiger partial charge on any atom is 0.311 e. The van der Waals surface area contributed by atoms with E-state index < -0.39 is 18.1 Å². The van der Waals surface area contributed by atoms with Gasteiger partial charge in [-0.15, -0.1) is 0 Å². The van der Waals surface area contributed by atoms with E-state index in [0.717, 1.165) is 0 Å². The summed E-state index contributed by atoms with van der Waals surface area (Å²) < 4.78 is 30.2. The Morgan fingerprint density at radius 1 is 1.56 bits per heavy atom. The molecule has 88 valence electrons. The lowest BCUT2D eigenvalue weighted by Gasteiger charge is -2.07. The minimum Gasteiger partial charge on any atom is -0.469 e. The van der Waals surface area contributed by atoms with Crippen molar-refractivity contribution >= 4 is 37.8 Å². The van der Waals surface area contributed by atoms with Gasteiger partial charge in [0.1, 0.15) is 5.69 Å². The average molecular weight is 359 g/mol. The van der Waals surface area contributed by atoms with E-state index in [1.54, 1.807) is 0 Å². The molecule has 0 radical (unpaired) electrons. The summed E-state index contributed by atoms with van der Waals surface area (Å²) >= 11 is 6.10. The van der Waals surface area contributed by atoms with E-state index in [9.17, 15) is 13.6 Å². The predicted octanol–water partition coefficient (Wildman–Crippen LogP) is 3.26. The van der Waals surface area contributed by atoms with Crippen LogP contribution in [0.25, 0.3) is 0 Å². The molecule has 0 saturated heterocycles. The summed E-state index contributed by atoms with van der Waals surface area (Å²) in [5.74, 6) is -0.526. The van der Waals surface area contributed by atoms with Crippen molar-refractivity contribution in [3.8, 4) is 0 Å². The highest BCUT2D eigenvalue weighted by Crippen LogP contribution is 2.32. The third-order valence-corrected chi connectivity index (χ3v) is 3.74. The minimum absolute atomic E-state index is 0.137. The molecule has 0 aliphatic heterocycles. The number of alkyl halides is 2. The number of pyridine rings is 1. The first-order chi connectivity index (χ1) is 7.45. The summed E-state index contributed by atoms with van der Waals surface area (Å²) in [6, 6.07) is 1.49. The van der Waals surface area contributed by atoms with Gasteiger partial charge < -0.3 is 4.74 Å². The van der Waals surface area contributed by atoms with Gasteiger partial charge in [-0.05, 0) is 37.9 Å². The Balaban J connectivity index is 3.09. The molecule has 0 amide bonds. The number of halogens is 4. The number of ether oxygens (including phenoxy) is 1. The first-order valence-electron chi connectivity index (χ1n) is 4.15. The average Bonchev–Trinajstić information content (AvgIpc) is 2.22. The molecule has 0 spiro atoms. The SMILES string of the molecule is COC(=O)Cc1cc(Br)c(Br)c(C(F)F)n1. The largest absolute Gasteiger partial charge is 0.469 e. The molecule has 16 heavy (non-hydrogen) atoms. The van der Waals surface area contributed by atoms with Gasteiger partial charge in [0.05, 0.1) is 23.7 Å². The fraction of sp³-hybridized carbons (Fsp3) is 0.333. The summed E-state index contributed by atoms with van der Waals surface area (Å²) in [5.41, 5.74) is -0.162. The molecule has 0 fully saturated rings. The van der Waals surface area contributed by atoms with Gasteiger partial charge >= 0.3 is 5.97 Å². The van der Waals surface area contributed by atoms with Gasteiger partial charge in [-0.25, -0.2) is 13.8 Å². The van der Waals surface area contributed by atoms with Crippen LogP contribution in [0.2, 0.25) is 0 Å². The van der Waals surface area contributed by atoms with Crippen LogP contribution in [0.4, 0.5) is 8.78 Å². The van der Waals surface area contributed by atoms with E-state index in [1.807, 2.05) is 0 Å². The molecule has 1 heterocycles. The van der Waals surface area contributed by atoms with Crippen LogP contribution >= 0.6 is 31.9 Å². The number of hydrogen-bond acceptors (Lipinski definition) is 3. The quantitative estimate of drug-likeness (QED) is 0.778. The molecule has 1 rings (SSSR count). The van der Waals surface area contributed by atoms with Crippen molar-refractivity contribution in [1.82, 2.24) is 4.98 Å². The molecule has 0 saturated carbocycles. The van der Waals surface area contributed by atoms with Crippen molar-refractivity contribution in [2.75, 3.05) is 7.11 Å². The molecule has 0 atom stereocenters.